The molecule has 1 aromatic carbocycles. The Hall–Kier alpha value is -3.64. The normalized spacial score (nSPS) is 12.0. The van der Waals surface area contributed by atoms with Crippen molar-refractivity contribution in [2.45, 2.75) is 18.9 Å². The number of carbonyl (C=O) groups excluding carboxylic acids is 1. The molecule has 31 heavy (non-hydrogen) atoms. The van der Waals surface area contributed by atoms with Crippen molar-refractivity contribution < 1.29 is 35.5 Å². The Kier molecular flexibility index (Phi) is 5.86. The van der Waals surface area contributed by atoms with E-state index in [0.29, 0.717) is 10.7 Å². The zero-order valence-electron chi connectivity index (χ0n) is 15.2. The highest BCUT2D eigenvalue weighted by Gasteiger charge is 2.39. The fourth-order valence-electron chi connectivity index (χ4n) is 2.58. The van der Waals surface area contributed by atoms with Gasteiger partial charge in [-0.3, -0.25) is 4.98 Å². The number of anilines is 1. The number of alkyl halides is 6. The molecule has 0 bridgehead atoms. The van der Waals surface area contributed by atoms with Gasteiger partial charge in [0.2, 0.25) is 0 Å². The van der Waals surface area contributed by atoms with E-state index in [1.165, 1.54) is 6.07 Å². The fraction of sp³-hybridized carbons (Fsp3) is 0.167. The maximum absolute atomic E-state index is 13.5. The van der Waals surface area contributed by atoms with E-state index >= 15 is 0 Å². The number of nitrogens with zero attached hydrogens (tertiary/aromatic N) is 3. The maximum atomic E-state index is 13.5. The number of benzene rings is 1. The standard InChI is InChI=1S/C18H12F7N5O/c19-11-1-3-12(4-2-11)30-15(18(23,24)25)13(9-28-30)29-16(31)27-8-10-5-6-26-14(7-10)17(20,21)22/h1-7,9H,8H2,(H2,27,29,31). The van der Waals surface area contributed by atoms with E-state index in [2.05, 4.69) is 15.4 Å². The molecule has 0 unspecified atom stereocenters. The Balaban J connectivity index is 1.77. The van der Waals surface area contributed by atoms with Gasteiger partial charge in [0, 0.05) is 12.7 Å². The lowest BCUT2D eigenvalue weighted by Crippen LogP contribution is -2.29. The van der Waals surface area contributed by atoms with Crippen molar-refractivity contribution in [1.29, 1.82) is 0 Å². The molecule has 2 N–H and O–H groups in total. The minimum absolute atomic E-state index is 0.0375. The van der Waals surface area contributed by atoms with E-state index in [1.54, 1.807) is 0 Å². The van der Waals surface area contributed by atoms with Gasteiger partial charge in [-0.25, -0.2) is 13.9 Å². The number of aromatic nitrogens is 3. The van der Waals surface area contributed by atoms with Gasteiger partial charge in [-0.2, -0.15) is 31.4 Å². The van der Waals surface area contributed by atoms with Crippen LogP contribution in [0.1, 0.15) is 17.0 Å². The summed E-state index contributed by atoms with van der Waals surface area (Å²) in [5.74, 6) is -0.660. The van der Waals surface area contributed by atoms with Gasteiger partial charge in [0.05, 0.1) is 17.6 Å². The van der Waals surface area contributed by atoms with Crippen molar-refractivity contribution in [3.05, 3.63) is 71.6 Å². The van der Waals surface area contributed by atoms with Crippen molar-refractivity contribution in [3.8, 4) is 5.69 Å². The Labute approximate surface area is 169 Å². The van der Waals surface area contributed by atoms with E-state index < -0.39 is 47.8 Å². The van der Waals surface area contributed by atoms with Crippen LogP contribution < -0.4 is 10.6 Å². The summed E-state index contributed by atoms with van der Waals surface area (Å²) in [5, 5.41) is 7.72. The topological polar surface area (TPSA) is 71.8 Å². The molecule has 0 fully saturated rings. The van der Waals surface area contributed by atoms with Crippen LogP contribution in [0.2, 0.25) is 0 Å². The van der Waals surface area contributed by atoms with Crippen LogP contribution in [0.4, 0.5) is 41.2 Å². The third kappa shape index (κ3) is 5.29. The highest BCUT2D eigenvalue weighted by Crippen LogP contribution is 2.36. The number of amides is 2. The number of rotatable bonds is 4. The zero-order chi connectivity index (χ0) is 22.8. The molecule has 2 amide bonds. The van der Waals surface area contributed by atoms with E-state index in [1.807, 2.05) is 5.32 Å². The summed E-state index contributed by atoms with van der Waals surface area (Å²) in [6.07, 6.45) is -7.97. The second kappa shape index (κ2) is 8.24. The number of hydrogen-bond donors (Lipinski definition) is 2. The van der Waals surface area contributed by atoms with Crippen LogP contribution in [-0.4, -0.2) is 20.8 Å². The van der Waals surface area contributed by atoms with Crippen molar-refractivity contribution in [2.24, 2.45) is 0 Å². The minimum Gasteiger partial charge on any atom is -0.334 e. The van der Waals surface area contributed by atoms with Gasteiger partial charge in [-0.05, 0) is 42.0 Å². The molecule has 0 atom stereocenters. The van der Waals surface area contributed by atoms with Gasteiger partial charge < -0.3 is 10.6 Å². The van der Waals surface area contributed by atoms with Gasteiger partial charge in [-0.15, -0.1) is 0 Å². The van der Waals surface area contributed by atoms with Crippen molar-refractivity contribution in [1.82, 2.24) is 20.1 Å². The lowest BCUT2D eigenvalue weighted by Gasteiger charge is -2.14. The Morgan fingerprint density at radius 1 is 1.00 bits per heavy atom. The first kappa shape index (κ1) is 22.1. The van der Waals surface area contributed by atoms with E-state index in [9.17, 15) is 35.5 Å². The van der Waals surface area contributed by atoms with E-state index in [0.717, 1.165) is 36.7 Å². The second-order valence-electron chi connectivity index (χ2n) is 6.15. The molecule has 0 saturated carbocycles. The highest BCUT2D eigenvalue weighted by molar-refractivity contribution is 5.89. The summed E-state index contributed by atoms with van der Waals surface area (Å²) in [6, 6.07) is 4.85. The van der Waals surface area contributed by atoms with Gasteiger partial charge in [0.1, 0.15) is 11.5 Å². The molecule has 6 nitrogen and oxygen atoms in total. The molecule has 0 aliphatic carbocycles. The van der Waals surface area contributed by atoms with Crippen LogP contribution in [0.3, 0.4) is 0 Å². The van der Waals surface area contributed by atoms with Crippen LogP contribution in [0.5, 0.6) is 0 Å². The highest BCUT2D eigenvalue weighted by atomic mass is 19.4. The molecule has 0 aliphatic rings. The van der Waals surface area contributed by atoms with Crippen LogP contribution >= 0.6 is 0 Å². The van der Waals surface area contributed by atoms with E-state index in [4.69, 9.17) is 0 Å². The molecule has 2 aromatic heterocycles. The van der Waals surface area contributed by atoms with Crippen molar-refractivity contribution >= 4 is 11.7 Å². The molecule has 164 valence electrons. The van der Waals surface area contributed by atoms with Gasteiger partial charge in [0.15, 0.2) is 5.69 Å². The largest absolute Gasteiger partial charge is 0.435 e. The Bertz CT molecular complexity index is 1070. The SMILES string of the molecule is O=C(NCc1ccnc(C(F)(F)F)c1)Nc1cnn(-c2ccc(F)cc2)c1C(F)(F)F. The zero-order valence-corrected chi connectivity index (χ0v) is 15.2. The van der Waals surface area contributed by atoms with Crippen LogP contribution in [-0.2, 0) is 18.9 Å². The predicted molar refractivity (Wildman–Crippen MR) is 93.6 cm³/mol. The molecule has 0 radical (unpaired) electrons. The summed E-state index contributed by atoms with van der Waals surface area (Å²) in [4.78, 5) is 15.2. The number of pyridine rings is 1. The smallest absolute Gasteiger partial charge is 0.334 e. The molecular formula is C18H12F7N5O. The summed E-state index contributed by atoms with van der Waals surface area (Å²) in [5.41, 5.74) is -3.25. The first-order valence-electron chi connectivity index (χ1n) is 8.43. The Morgan fingerprint density at radius 2 is 1.68 bits per heavy atom. The lowest BCUT2D eigenvalue weighted by atomic mass is 10.2. The lowest BCUT2D eigenvalue weighted by molar-refractivity contribution is -0.142. The molecular weight excluding hydrogens is 435 g/mol. The summed E-state index contributed by atoms with van der Waals surface area (Å²) in [7, 11) is 0. The number of halogens is 7. The molecule has 0 saturated heterocycles. The molecule has 3 aromatic rings. The van der Waals surface area contributed by atoms with Gasteiger partial charge in [0.25, 0.3) is 0 Å². The quantitative estimate of drug-likeness (QED) is 0.567. The third-order valence-electron chi connectivity index (χ3n) is 3.92. The minimum atomic E-state index is -4.93. The maximum Gasteiger partial charge on any atom is 0.435 e. The van der Waals surface area contributed by atoms with Crippen molar-refractivity contribution in [3.63, 3.8) is 0 Å². The van der Waals surface area contributed by atoms with Crippen LogP contribution in [0.15, 0.2) is 48.8 Å². The molecule has 13 heteroatoms. The number of carbonyl (C=O) groups is 1. The molecule has 3 rings (SSSR count). The third-order valence-corrected chi connectivity index (χ3v) is 3.92. The van der Waals surface area contributed by atoms with Crippen LogP contribution in [0, 0.1) is 5.82 Å². The first-order valence-corrected chi connectivity index (χ1v) is 8.43. The number of urea groups is 1. The monoisotopic (exact) mass is 447 g/mol. The second-order valence-corrected chi connectivity index (χ2v) is 6.15. The summed E-state index contributed by atoms with van der Waals surface area (Å²) in [6.45, 7) is -0.398. The predicted octanol–water partition coefficient (Wildman–Crippen LogP) is 4.77. The number of nitrogens with one attached hydrogen (secondary N) is 2. The number of hydrogen-bond acceptors (Lipinski definition) is 3. The van der Waals surface area contributed by atoms with E-state index in [-0.39, 0.29) is 11.3 Å². The fourth-order valence-corrected chi connectivity index (χ4v) is 2.58. The van der Waals surface area contributed by atoms with Crippen molar-refractivity contribution in [2.75, 3.05) is 5.32 Å². The average Bonchev–Trinajstić information content (AvgIpc) is 3.10. The summed E-state index contributed by atoms with van der Waals surface area (Å²) >= 11 is 0. The average molecular weight is 447 g/mol. The Morgan fingerprint density at radius 3 is 2.29 bits per heavy atom. The van der Waals surface area contributed by atoms with Gasteiger partial charge in [-0.1, -0.05) is 0 Å². The molecule has 0 aliphatic heterocycles. The molecule has 2 heterocycles. The summed E-state index contributed by atoms with van der Waals surface area (Å²) < 4.78 is 92.2. The van der Waals surface area contributed by atoms with Crippen LogP contribution in [0.25, 0.3) is 5.69 Å². The first-order chi connectivity index (χ1) is 14.4. The molecule has 0 spiro atoms. The van der Waals surface area contributed by atoms with Gasteiger partial charge >= 0.3 is 18.4 Å².